The van der Waals surface area contributed by atoms with Crippen LogP contribution in [0.25, 0.3) is 0 Å². The lowest BCUT2D eigenvalue weighted by atomic mass is 10.1. The number of anilines is 1. The summed E-state index contributed by atoms with van der Waals surface area (Å²) in [5, 5.41) is 5.30. The first-order valence-corrected chi connectivity index (χ1v) is 8.49. The van der Waals surface area contributed by atoms with Gasteiger partial charge in [0.05, 0.1) is 5.69 Å². The first-order valence-electron chi connectivity index (χ1n) is 6.95. The molecule has 0 aliphatic heterocycles. The van der Waals surface area contributed by atoms with Gasteiger partial charge in [0.15, 0.2) is 5.75 Å². The van der Waals surface area contributed by atoms with Crippen LogP contribution in [0.5, 0.6) is 11.5 Å². The van der Waals surface area contributed by atoms with E-state index in [1.165, 1.54) is 6.07 Å². The zero-order valence-corrected chi connectivity index (χ0v) is 13.3. The third kappa shape index (κ3) is 4.56. The SMILES string of the molecule is NCC=CCc1cc(N)c(Oc2ccccc2)c(S(N)(=O)=O)c1. The number of sulfonamides is 1. The highest BCUT2D eigenvalue weighted by Gasteiger charge is 2.20. The summed E-state index contributed by atoms with van der Waals surface area (Å²) in [6.07, 6.45) is 4.11. The monoisotopic (exact) mass is 333 g/mol. The largest absolute Gasteiger partial charge is 0.454 e. The molecule has 122 valence electrons. The molecule has 7 heteroatoms. The molecule has 0 radical (unpaired) electrons. The number of rotatable bonds is 6. The summed E-state index contributed by atoms with van der Waals surface area (Å²) in [4.78, 5) is -0.141. The van der Waals surface area contributed by atoms with E-state index >= 15 is 0 Å². The fourth-order valence-electron chi connectivity index (χ4n) is 2.04. The van der Waals surface area contributed by atoms with Gasteiger partial charge in [-0.3, -0.25) is 0 Å². The maximum atomic E-state index is 11.9. The minimum absolute atomic E-state index is 0.0326. The van der Waals surface area contributed by atoms with Gasteiger partial charge >= 0.3 is 0 Å². The lowest BCUT2D eigenvalue weighted by molar-refractivity contribution is 0.470. The number of hydrogen-bond donors (Lipinski definition) is 3. The van der Waals surface area contributed by atoms with Crippen LogP contribution in [-0.4, -0.2) is 15.0 Å². The first kappa shape index (κ1) is 17.0. The summed E-state index contributed by atoms with van der Waals surface area (Å²) in [6, 6.07) is 11.9. The van der Waals surface area contributed by atoms with Crippen molar-refractivity contribution < 1.29 is 13.2 Å². The van der Waals surface area contributed by atoms with Crippen LogP contribution in [0.1, 0.15) is 5.56 Å². The van der Waals surface area contributed by atoms with Crippen molar-refractivity contribution in [2.75, 3.05) is 12.3 Å². The Labute approximate surface area is 135 Å². The van der Waals surface area contributed by atoms with E-state index in [9.17, 15) is 8.42 Å². The minimum Gasteiger partial charge on any atom is -0.454 e. The predicted molar refractivity (Wildman–Crippen MR) is 90.6 cm³/mol. The Kier molecular flexibility index (Phi) is 5.38. The van der Waals surface area contributed by atoms with Gasteiger partial charge in [-0.15, -0.1) is 0 Å². The summed E-state index contributed by atoms with van der Waals surface area (Å²) in [7, 11) is -3.98. The van der Waals surface area contributed by atoms with Gasteiger partial charge in [0.25, 0.3) is 0 Å². The molecule has 23 heavy (non-hydrogen) atoms. The molecule has 2 rings (SSSR count). The van der Waals surface area contributed by atoms with E-state index in [2.05, 4.69) is 0 Å². The standard InChI is InChI=1S/C16H19N3O3S/c17-9-5-4-6-12-10-14(18)16(15(11-12)23(19,20)21)22-13-7-2-1-3-8-13/h1-5,7-8,10-11H,6,9,17-18H2,(H2,19,20,21). The van der Waals surface area contributed by atoms with Crippen molar-refractivity contribution in [2.24, 2.45) is 10.9 Å². The zero-order chi connectivity index (χ0) is 16.9. The number of primary sulfonamides is 1. The number of nitrogens with two attached hydrogens (primary N) is 3. The molecule has 0 saturated carbocycles. The highest BCUT2D eigenvalue weighted by atomic mass is 32.2. The molecule has 0 aromatic heterocycles. The number of ether oxygens (including phenoxy) is 1. The lowest BCUT2D eigenvalue weighted by Crippen LogP contribution is -2.14. The topological polar surface area (TPSA) is 121 Å². The van der Waals surface area contributed by atoms with E-state index < -0.39 is 10.0 Å². The van der Waals surface area contributed by atoms with Crippen LogP contribution in [0.3, 0.4) is 0 Å². The highest BCUT2D eigenvalue weighted by Crippen LogP contribution is 2.35. The fourth-order valence-corrected chi connectivity index (χ4v) is 2.78. The van der Waals surface area contributed by atoms with Crippen molar-refractivity contribution in [1.82, 2.24) is 0 Å². The average Bonchev–Trinajstić information content (AvgIpc) is 2.50. The quantitative estimate of drug-likeness (QED) is 0.549. The van der Waals surface area contributed by atoms with Crippen molar-refractivity contribution in [3.8, 4) is 11.5 Å². The van der Waals surface area contributed by atoms with E-state index in [1.807, 2.05) is 12.1 Å². The Morgan fingerprint density at radius 1 is 1.09 bits per heavy atom. The molecule has 2 aromatic rings. The van der Waals surface area contributed by atoms with E-state index in [4.69, 9.17) is 21.3 Å². The van der Waals surface area contributed by atoms with Gasteiger partial charge in [0.2, 0.25) is 10.0 Å². The first-order chi connectivity index (χ1) is 10.9. The second-order valence-corrected chi connectivity index (χ2v) is 6.41. The number of hydrogen-bond acceptors (Lipinski definition) is 5. The molecule has 0 heterocycles. The Morgan fingerprint density at radius 2 is 1.78 bits per heavy atom. The zero-order valence-electron chi connectivity index (χ0n) is 12.5. The molecule has 0 amide bonds. The van der Waals surface area contributed by atoms with Gasteiger partial charge in [-0.2, -0.15) is 0 Å². The molecule has 6 nitrogen and oxygen atoms in total. The molecular formula is C16H19N3O3S. The highest BCUT2D eigenvalue weighted by molar-refractivity contribution is 7.89. The van der Waals surface area contributed by atoms with Crippen LogP contribution >= 0.6 is 0 Å². The normalized spacial score (nSPS) is 11.7. The van der Waals surface area contributed by atoms with Gasteiger partial charge in [-0.1, -0.05) is 30.4 Å². The molecule has 0 atom stereocenters. The maximum absolute atomic E-state index is 11.9. The Morgan fingerprint density at radius 3 is 2.39 bits per heavy atom. The number of benzene rings is 2. The minimum atomic E-state index is -3.98. The number of nitrogen functional groups attached to an aromatic ring is 1. The molecule has 0 spiro atoms. The summed E-state index contributed by atoms with van der Waals surface area (Å²) < 4.78 is 29.4. The third-order valence-electron chi connectivity index (χ3n) is 3.07. The Bertz CT molecular complexity index is 803. The fraction of sp³-hybridized carbons (Fsp3) is 0.125. The van der Waals surface area contributed by atoms with Crippen LogP contribution in [0.4, 0.5) is 5.69 Å². The lowest BCUT2D eigenvalue weighted by Gasteiger charge is -2.14. The average molecular weight is 333 g/mol. The van der Waals surface area contributed by atoms with Crippen molar-refractivity contribution in [3.63, 3.8) is 0 Å². The number of allylic oxidation sites excluding steroid dienone is 1. The van der Waals surface area contributed by atoms with Crippen LogP contribution in [0, 0.1) is 0 Å². The third-order valence-corrected chi connectivity index (χ3v) is 3.99. The van der Waals surface area contributed by atoms with Crippen molar-refractivity contribution in [3.05, 3.63) is 60.2 Å². The van der Waals surface area contributed by atoms with Crippen LogP contribution in [-0.2, 0) is 16.4 Å². The molecule has 6 N–H and O–H groups in total. The molecular weight excluding hydrogens is 314 g/mol. The van der Waals surface area contributed by atoms with E-state index in [1.54, 1.807) is 36.4 Å². The van der Waals surface area contributed by atoms with Gasteiger partial charge in [-0.25, -0.2) is 13.6 Å². The van der Waals surface area contributed by atoms with Crippen LogP contribution in [0.2, 0.25) is 0 Å². The van der Waals surface area contributed by atoms with Gasteiger partial charge < -0.3 is 16.2 Å². The molecule has 2 aromatic carbocycles. The van der Waals surface area contributed by atoms with Crippen LogP contribution in [0.15, 0.2) is 59.5 Å². The molecule has 0 fully saturated rings. The predicted octanol–water partition coefficient (Wildman–Crippen LogP) is 1.77. The van der Waals surface area contributed by atoms with Gasteiger partial charge in [0, 0.05) is 6.54 Å². The summed E-state index contributed by atoms with van der Waals surface area (Å²) >= 11 is 0. The Hall–Kier alpha value is -2.35. The van der Waals surface area contributed by atoms with Gasteiger partial charge in [-0.05, 0) is 36.2 Å². The molecule has 0 unspecified atom stereocenters. The molecule has 0 aliphatic carbocycles. The smallest absolute Gasteiger partial charge is 0.241 e. The van der Waals surface area contributed by atoms with E-state index in [-0.39, 0.29) is 16.3 Å². The summed E-state index contributed by atoms with van der Waals surface area (Å²) in [6.45, 7) is 0.409. The van der Waals surface area contributed by atoms with Gasteiger partial charge in [0.1, 0.15) is 10.6 Å². The summed E-state index contributed by atoms with van der Waals surface area (Å²) in [5.74, 6) is 0.505. The second kappa shape index (κ2) is 7.28. The molecule has 0 saturated heterocycles. The Balaban J connectivity index is 2.46. The number of para-hydroxylation sites is 1. The molecule has 0 bridgehead atoms. The maximum Gasteiger partial charge on any atom is 0.241 e. The molecule has 0 aliphatic rings. The van der Waals surface area contributed by atoms with E-state index in [0.29, 0.717) is 24.3 Å². The van der Waals surface area contributed by atoms with Crippen molar-refractivity contribution in [2.45, 2.75) is 11.3 Å². The van der Waals surface area contributed by atoms with Crippen LogP contribution < -0.4 is 21.3 Å². The van der Waals surface area contributed by atoms with Crippen molar-refractivity contribution >= 4 is 15.7 Å². The van der Waals surface area contributed by atoms with Crippen molar-refractivity contribution in [1.29, 1.82) is 0 Å². The summed E-state index contributed by atoms with van der Waals surface area (Å²) in [5.41, 5.74) is 12.3. The second-order valence-electron chi connectivity index (χ2n) is 4.88. The van der Waals surface area contributed by atoms with E-state index in [0.717, 1.165) is 0 Å².